The van der Waals surface area contributed by atoms with Crippen molar-refractivity contribution in [1.29, 1.82) is 0 Å². The van der Waals surface area contributed by atoms with Crippen molar-refractivity contribution in [2.45, 2.75) is 25.1 Å². The molecule has 8 heteroatoms. The van der Waals surface area contributed by atoms with Gasteiger partial charge in [0.1, 0.15) is 11.4 Å². The number of rotatable bonds is 3. The van der Waals surface area contributed by atoms with Crippen molar-refractivity contribution < 1.29 is 9.72 Å². The predicted octanol–water partition coefficient (Wildman–Crippen LogP) is 2.60. The highest BCUT2D eigenvalue weighted by molar-refractivity contribution is 9.09. The molecule has 0 spiro atoms. The SMILES string of the molecule is Cc1cnc(N2CCN(C(=O)C3=C([N+](=O)[O-])CC(Br)C=C3)CC2)c(C)c1. The topological polar surface area (TPSA) is 79.6 Å². The third kappa shape index (κ3) is 3.80. The van der Waals surface area contributed by atoms with Gasteiger partial charge in [0.2, 0.25) is 0 Å². The van der Waals surface area contributed by atoms with E-state index in [0.29, 0.717) is 26.2 Å². The van der Waals surface area contributed by atoms with Crippen LogP contribution in [0, 0.1) is 24.0 Å². The van der Waals surface area contributed by atoms with Gasteiger partial charge in [0.25, 0.3) is 11.6 Å². The minimum atomic E-state index is -0.444. The predicted molar refractivity (Wildman–Crippen MR) is 103 cm³/mol. The number of piperazine rings is 1. The van der Waals surface area contributed by atoms with E-state index in [1.54, 1.807) is 17.1 Å². The van der Waals surface area contributed by atoms with E-state index in [9.17, 15) is 14.9 Å². The first-order valence-corrected chi connectivity index (χ1v) is 9.45. The van der Waals surface area contributed by atoms with Gasteiger partial charge < -0.3 is 9.80 Å². The van der Waals surface area contributed by atoms with E-state index < -0.39 is 4.92 Å². The van der Waals surface area contributed by atoms with Crippen molar-refractivity contribution in [2.75, 3.05) is 31.1 Å². The van der Waals surface area contributed by atoms with Gasteiger partial charge in [0.05, 0.1) is 11.3 Å². The van der Waals surface area contributed by atoms with Crippen LogP contribution in [0.25, 0.3) is 0 Å². The molecule has 26 heavy (non-hydrogen) atoms. The summed E-state index contributed by atoms with van der Waals surface area (Å²) >= 11 is 3.35. The fraction of sp³-hybridized carbons (Fsp3) is 0.444. The number of halogens is 1. The molecule has 1 aromatic rings. The first kappa shape index (κ1) is 18.6. The number of nitro groups is 1. The number of hydrogen-bond donors (Lipinski definition) is 0. The Morgan fingerprint density at radius 3 is 2.62 bits per heavy atom. The normalized spacial score (nSPS) is 20.5. The first-order valence-electron chi connectivity index (χ1n) is 8.54. The molecule has 2 aliphatic rings. The lowest BCUT2D eigenvalue weighted by Crippen LogP contribution is -2.49. The van der Waals surface area contributed by atoms with E-state index >= 15 is 0 Å². The number of nitrogens with zero attached hydrogens (tertiary/aromatic N) is 4. The summed E-state index contributed by atoms with van der Waals surface area (Å²) in [5.74, 6) is 0.674. The van der Waals surface area contributed by atoms with Gasteiger partial charge in [-0.2, -0.15) is 0 Å². The zero-order valence-corrected chi connectivity index (χ0v) is 16.4. The van der Waals surface area contributed by atoms with Gasteiger partial charge in [0, 0.05) is 37.2 Å². The molecule has 1 aliphatic heterocycles. The molecular weight excluding hydrogens is 400 g/mol. The van der Waals surface area contributed by atoms with Crippen molar-refractivity contribution >= 4 is 27.7 Å². The van der Waals surface area contributed by atoms with E-state index in [-0.39, 0.29) is 28.4 Å². The summed E-state index contributed by atoms with van der Waals surface area (Å²) in [7, 11) is 0. The van der Waals surface area contributed by atoms with Crippen LogP contribution in [0.3, 0.4) is 0 Å². The van der Waals surface area contributed by atoms with Gasteiger partial charge in [-0.1, -0.05) is 28.1 Å². The molecule has 1 unspecified atom stereocenters. The largest absolute Gasteiger partial charge is 0.353 e. The summed E-state index contributed by atoms with van der Waals surface area (Å²) in [4.78, 5) is 31.9. The Balaban J connectivity index is 1.71. The van der Waals surface area contributed by atoms with Crippen molar-refractivity contribution in [3.63, 3.8) is 0 Å². The van der Waals surface area contributed by atoms with Crippen LogP contribution in [0.4, 0.5) is 5.82 Å². The summed E-state index contributed by atoms with van der Waals surface area (Å²) < 4.78 is 0. The number of allylic oxidation sites excluding steroid dienone is 2. The van der Waals surface area contributed by atoms with Gasteiger partial charge in [-0.15, -0.1) is 0 Å². The summed E-state index contributed by atoms with van der Waals surface area (Å²) in [6.45, 7) is 6.41. The lowest BCUT2D eigenvalue weighted by Gasteiger charge is -2.36. The molecule has 0 N–H and O–H groups in total. The van der Waals surface area contributed by atoms with E-state index in [2.05, 4.69) is 31.9 Å². The number of aryl methyl sites for hydroxylation is 2. The van der Waals surface area contributed by atoms with E-state index in [0.717, 1.165) is 16.9 Å². The van der Waals surface area contributed by atoms with Crippen LogP contribution in [-0.4, -0.2) is 51.7 Å². The average molecular weight is 421 g/mol. The number of aromatic nitrogens is 1. The third-order valence-electron chi connectivity index (χ3n) is 4.68. The molecule has 0 aromatic carbocycles. The number of carbonyl (C=O) groups excluding carboxylic acids is 1. The van der Waals surface area contributed by atoms with E-state index in [4.69, 9.17) is 0 Å². The summed E-state index contributed by atoms with van der Waals surface area (Å²) in [6.07, 6.45) is 5.42. The molecule has 2 heterocycles. The van der Waals surface area contributed by atoms with E-state index in [1.165, 1.54) is 0 Å². The maximum atomic E-state index is 12.8. The van der Waals surface area contributed by atoms with Gasteiger partial charge in [-0.25, -0.2) is 4.98 Å². The van der Waals surface area contributed by atoms with Gasteiger partial charge in [0.15, 0.2) is 0 Å². The van der Waals surface area contributed by atoms with Crippen LogP contribution in [0.1, 0.15) is 17.5 Å². The van der Waals surface area contributed by atoms with Crippen LogP contribution in [-0.2, 0) is 4.79 Å². The van der Waals surface area contributed by atoms with Crippen molar-refractivity contribution in [2.24, 2.45) is 0 Å². The molecule has 1 saturated heterocycles. The highest BCUT2D eigenvalue weighted by Crippen LogP contribution is 2.26. The number of hydrogen-bond acceptors (Lipinski definition) is 5. The molecule has 7 nitrogen and oxygen atoms in total. The first-order chi connectivity index (χ1) is 12.4. The maximum absolute atomic E-state index is 12.8. The van der Waals surface area contributed by atoms with E-state index in [1.807, 2.05) is 20.0 Å². The minimum Gasteiger partial charge on any atom is -0.353 e. The fourth-order valence-corrected chi connectivity index (χ4v) is 3.82. The maximum Gasteiger partial charge on any atom is 0.260 e. The molecule has 138 valence electrons. The van der Waals surface area contributed by atoms with Crippen LogP contribution in [0.15, 0.2) is 35.7 Å². The number of amides is 1. The molecule has 1 atom stereocenters. The Labute approximate surface area is 160 Å². The molecule has 3 rings (SSSR count). The number of anilines is 1. The third-order valence-corrected chi connectivity index (χ3v) is 5.30. The lowest BCUT2D eigenvalue weighted by molar-refractivity contribution is -0.428. The molecule has 1 aliphatic carbocycles. The minimum absolute atomic E-state index is 0.0159. The van der Waals surface area contributed by atoms with Crippen LogP contribution >= 0.6 is 15.9 Å². The Bertz CT molecular complexity index is 798. The smallest absolute Gasteiger partial charge is 0.260 e. The second kappa shape index (κ2) is 7.57. The molecule has 0 radical (unpaired) electrons. The van der Waals surface area contributed by atoms with Crippen molar-refractivity contribution in [3.05, 3.63) is 56.9 Å². The summed E-state index contributed by atoms with van der Waals surface area (Å²) in [6, 6.07) is 2.09. The molecular formula is C18H21BrN4O3. The van der Waals surface area contributed by atoms with Gasteiger partial charge in [-0.3, -0.25) is 14.9 Å². The second-order valence-corrected chi connectivity index (χ2v) is 7.81. The summed E-state index contributed by atoms with van der Waals surface area (Å²) in [5.41, 5.74) is 2.41. The molecule has 0 bridgehead atoms. The number of carbonyl (C=O) groups is 1. The molecule has 1 aromatic heterocycles. The van der Waals surface area contributed by atoms with Crippen LogP contribution in [0.2, 0.25) is 0 Å². The zero-order chi connectivity index (χ0) is 18.8. The summed E-state index contributed by atoms with van der Waals surface area (Å²) in [5, 5.41) is 11.3. The Morgan fingerprint density at radius 1 is 1.31 bits per heavy atom. The Hall–Kier alpha value is -2.22. The lowest BCUT2D eigenvalue weighted by atomic mass is 10.0. The molecule has 1 amide bonds. The van der Waals surface area contributed by atoms with Crippen molar-refractivity contribution in [1.82, 2.24) is 9.88 Å². The van der Waals surface area contributed by atoms with Crippen LogP contribution < -0.4 is 4.90 Å². The Morgan fingerprint density at radius 2 is 2.00 bits per heavy atom. The average Bonchev–Trinajstić information content (AvgIpc) is 2.61. The van der Waals surface area contributed by atoms with Crippen molar-refractivity contribution in [3.8, 4) is 0 Å². The number of alkyl halides is 1. The second-order valence-electron chi connectivity index (χ2n) is 6.63. The quantitative estimate of drug-likeness (QED) is 0.426. The van der Waals surface area contributed by atoms with Gasteiger partial charge in [-0.05, 0) is 31.1 Å². The number of pyridine rings is 1. The fourth-order valence-electron chi connectivity index (χ4n) is 3.36. The molecule has 1 fully saturated rings. The van der Waals surface area contributed by atoms with Crippen LogP contribution in [0.5, 0.6) is 0 Å². The monoisotopic (exact) mass is 420 g/mol. The Kier molecular flexibility index (Phi) is 5.41. The van der Waals surface area contributed by atoms with Gasteiger partial charge >= 0.3 is 0 Å². The highest BCUT2D eigenvalue weighted by Gasteiger charge is 2.32. The zero-order valence-electron chi connectivity index (χ0n) is 14.8. The molecule has 0 saturated carbocycles. The highest BCUT2D eigenvalue weighted by atomic mass is 79.9. The standard InChI is InChI=1S/C18H21BrN4O3/c1-12-9-13(2)17(20-11-12)21-5-7-22(8-6-21)18(24)15-4-3-14(19)10-16(15)23(25)26/h3-4,9,11,14H,5-8,10H2,1-2H3.